The van der Waals surface area contributed by atoms with Gasteiger partial charge < -0.3 is 0 Å². The third kappa shape index (κ3) is 3.42. The van der Waals surface area contributed by atoms with E-state index in [0.717, 1.165) is 11.1 Å². The molecule has 98 valence electrons. The molecule has 2 N–H and O–H groups in total. The van der Waals surface area contributed by atoms with Crippen LogP contribution in [0.5, 0.6) is 0 Å². The van der Waals surface area contributed by atoms with Crippen LogP contribution >= 0.6 is 11.6 Å². The summed E-state index contributed by atoms with van der Waals surface area (Å²) in [6, 6.07) is 7.25. The van der Waals surface area contributed by atoms with Crippen LogP contribution < -0.4 is 10.6 Å². The maximum Gasteiger partial charge on any atom is 0.250 e. The zero-order valence-electron chi connectivity index (χ0n) is 10.2. The van der Waals surface area contributed by atoms with Crippen LogP contribution in [-0.4, -0.2) is 24.3 Å². The normalized spacial score (nSPS) is 14.9. The molecule has 0 aromatic heterocycles. The molecule has 2 amide bonds. The zero-order chi connectivity index (χ0) is 13.8. The SMILES string of the molecule is C/C(=C\C(=O)NC1=NCC(=O)N1)c1ccccc1Cl. The smallest absolute Gasteiger partial charge is 0.250 e. The van der Waals surface area contributed by atoms with Crippen molar-refractivity contribution < 1.29 is 9.59 Å². The van der Waals surface area contributed by atoms with Gasteiger partial charge in [-0.2, -0.15) is 0 Å². The predicted octanol–water partition coefficient (Wildman–Crippen LogP) is 1.35. The van der Waals surface area contributed by atoms with E-state index in [2.05, 4.69) is 15.6 Å². The van der Waals surface area contributed by atoms with E-state index in [1.54, 1.807) is 13.0 Å². The lowest BCUT2D eigenvalue weighted by Crippen LogP contribution is -2.39. The van der Waals surface area contributed by atoms with E-state index in [1.807, 2.05) is 18.2 Å². The van der Waals surface area contributed by atoms with Gasteiger partial charge in [0.15, 0.2) is 0 Å². The first kappa shape index (κ1) is 13.3. The van der Waals surface area contributed by atoms with Gasteiger partial charge in [0.05, 0.1) is 0 Å². The minimum absolute atomic E-state index is 0.0445. The second-order valence-corrected chi connectivity index (χ2v) is 4.42. The molecule has 1 aliphatic heterocycles. The van der Waals surface area contributed by atoms with E-state index in [1.165, 1.54) is 6.08 Å². The molecule has 0 saturated carbocycles. The number of guanidine groups is 1. The molecule has 1 aromatic rings. The molecule has 0 atom stereocenters. The molecule has 1 aromatic carbocycles. The number of amides is 2. The van der Waals surface area contributed by atoms with E-state index in [-0.39, 0.29) is 24.3 Å². The number of carbonyl (C=O) groups is 2. The summed E-state index contributed by atoms with van der Waals surface area (Å²) < 4.78 is 0. The third-order valence-corrected chi connectivity index (χ3v) is 2.86. The first-order chi connectivity index (χ1) is 9.06. The average Bonchev–Trinajstić information content (AvgIpc) is 2.74. The Labute approximate surface area is 115 Å². The van der Waals surface area contributed by atoms with E-state index < -0.39 is 0 Å². The first-order valence-electron chi connectivity index (χ1n) is 5.65. The largest absolute Gasteiger partial charge is 0.295 e. The van der Waals surface area contributed by atoms with Crippen LogP contribution in [0.2, 0.25) is 5.02 Å². The number of aliphatic imine (C=N–C) groups is 1. The topological polar surface area (TPSA) is 70.6 Å². The summed E-state index contributed by atoms with van der Waals surface area (Å²) >= 11 is 6.04. The van der Waals surface area contributed by atoms with Crippen molar-refractivity contribution in [3.05, 3.63) is 40.9 Å². The lowest BCUT2D eigenvalue weighted by Gasteiger charge is -2.05. The van der Waals surface area contributed by atoms with Gasteiger partial charge in [0.2, 0.25) is 11.9 Å². The molecule has 0 saturated heterocycles. The van der Waals surface area contributed by atoms with Crippen molar-refractivity contribution in [3.8, 4) is 0 Å². The molecule has 5 nitrogen and oxygen atoms in total. The first-order valence-corrected chi connectivity index (χ1v) is 6.02. The number of rotatable bonds is 2. The summed E-state index contributed by atoms with van der Waals surface area (Å²) in [5.41, 5.74) is 1.52. The molecule has 0 bridgehead atoms. The number of halogens is 1. The molecule has 19 heavy (non-hydrogen) atoms. The summed E-state index contributed by atoms with van der Waals surface area (Å²) in [5.74, 6) is -0.418. The Morgan fingerprint density at radius 3 is 2.84 bits per heavy atom. The fourth-order valence-electron chi connectivity index (χ4n) is 1.64. The number of nitrogens with zero attached hydrogens (tertiary/aromatic N) is 1. The van der Waals surface area contributed by atoms with Gasteiger partial charge >= 0.3 is 0 Å². The molecule has 6 heteroatoms. The lowest BCUT2D eigenvalue weighted by molar-refractivity contribution is -0.117. The van der Waals surface area contributed by atoms with Crippen molar-refractivity contribution in [1.82, 2.24) is 10.6 Å². The molecule has 0 aliphatic carbocycles. The van der Waals surface area contributed by atoms with E-state index in [9.17, 15) is 9.59 Å². The van der Waals surface area contributed by atoms with Gasteiger partial charge in [-0.1, -0.05) is 29.8 Å². The molecule has 1 aliphatic rings. The van der Waals surface area contributed by atoms with Crippen LogP contribution in [-0.2, 0) is 9.59 Å². The van der Waals surface area contributed by atoms with Crippen molar-refractivity contribution >= 4 is 34.9 Å². The minimum atomic E-state index is -0.363. The number of carbonyl (C=O) groups excluding carboxylic acids is 2. The molecule has 2 rings (SSSR count). The highest BCUT2D eigenvalue weighted by Crippen LogP contribution is 2.22. The van der Waals surface area contributed by atoms with Crippen molar-refractivity contribution in [2.45, 2.75) is 6.92 Å². The highest BCUT2D eigenvalue weighted by Gasteiger charge is 2.14. The number of hydrogen-bond donors (Lipinski definition) is 2. The van der Waals surface area contributed by atoms with Gasteiger partial charge in [-0.3, -0.25) is 20.2 Å². The van der Waals surface area contributed by atoms with Crippen LogP contribution in [0, 0.1) is 0 Å². The van der Waals surface area contributed by atoms with E-state index >= 15 is 0 Å². The summed E-state index contributed by atoms with van der Waals surface area (Å²) in [6.07, 6.45) is 1.41. The number of hydrogen-bond acceptors (Lipinski definition) is 3. The molecular formula is C13H12ClN3O2. The summed E-state index contributed by atoms with van der Waals surface area (Å²) in [6.45, 7) is 1.83. The van der Waals surface area contributed by atoms with Gasteiger partial charge in [0, 0.05) is 11.1 Å². The van der Waals surface area contributed by atoms with Crippen molar-refractivity contribution in [1.29, 1.82) is 0 Å². The maximum absolute atomic E-state index is 11.7. The number of allylic oxidation sites excluding steroid dienone is 1. The fourth-order valence-corrected chi connectivity index (χ4v) is 1.93. The van der Waals surface area contributed by atoms with Crippen molar-refractivity contribution in [2.24, 2.45) is 4.99 Å². The fraction of sp³-hybridized carbons (Fsp3) is 0.154. The number of benzene rings is 1. The average molecular weight is 278 g/mol. The Hall–Kier alpha value is -2.14. The summed E-state index contributed by atoms with van der Waals surface area (Å²) in [4.78, 5) is 26.5. The minimum Gasteiger partial charge on any atom is -0.295 e. The second kappa shape index (κ2) is 5.67. The van der Waals surface area contributed by atoms with Crippen LogP contribution in [0.4, 0.5) is 0 Å². The third-order valence-electron chi connectivity index (χ3n) is 2.53. The van der Waals surface area contributed by atoms with Crippen LogP contribution in [0.1, 0.15) is 12.5 Å². The van der Waals surface area contributed by atoms with Crippen molar-refractivity contribution in [2.75, 3.05) is 6.54 Å². The number of nitrogens with one attached hydrogen (secondary N) is 2. The van der Waals surface area contributed by atoms with Gasteiger partial charge in [0.25, 0.3) is 5.91 Å². The van der Waals surface area contributed by atoms with Gasteiger partial charge in [-0.15, -0.1) is 0 Å². The Balaban J connectivity index is 2.07. The molecule has 0 radical (unpaired) electrons. The molecule has 1 heterocycles. The molecule has 0 unspecified atom stereocenters. The quantitative estimate of drug-likeness (QED) is 0.801. The summed E-state index contributed by atoms with van der Waals surface area (Å²) in [5, 5.41) is 5.50. The highest BCUT2D eigenvalue weighted by atomic mass is 35.5. The monoisotopic (exact) mass is 277 g/mol. The van der Waals surface area contributed by atoms with Crippen LogP contribution in [0.3, 0.4) is 0 Å². The van der Waals surface area contributed by atoms with Gasteiger partial charge in [0.1, 0.15) is 6.54 Å². The molecule has 0 spiro atoms. The van der Waals surface area contributed by atoms with E-state index in [4.69, 9.17) is 11.6 Å². The predicted molar refractivity (Wildman–Crippen MR) is 73.7 cm³/mol. The Kier molecular flexibility index (Phi) is 3.97. The lowest BCUT2D eigenvalue weighted by atomic mass is 10.1. The van der Waals surface area contributed by atoms with Crippen LogP contribution in [0.25, 0.3) is 5.57 Å². The maximum atomic E-state index is 11.7. The van der Waals surface area contributed by atoms with Crippen LogP contribution in [0.15, 0.2) is 35.3 Å². The Morgan fingerprint density at radius 1 is 1.47 bits per heavy atom. The molecule has 0 fully saturated rings. The second-order valence-electron chi connectivity index (χ2n) is 4.01. The van der Waals surface area contributed by atoms with Gasteiger partial charge in [-0.05, 0) is 24.1 Å². The van der Waals surface area contributed by atoms with E-state index in [0.29, 0.717) is 5.02 Å². The van der Waals surface area contributed by atoms with Gasteiger partial charge in [-0.25, -0.2) is 4.99 Å². The zero-order valence-corrected chi connectivity index (χ0v) is 11.0. The standard InChI is InChI=1S/C13H12ClN3O2/c1-8(9-4-2-3-5-10(9)14)6-11(18)16-13-15-7-12(19)17-13/h2-6H,7H2,1H3,(H2,15,16,17,18,19)/b8-6+. The highest BCUT2D eigenvalue weighted by molar-refractivity contribution is 6.32. The van der Waals surface area contributed by atoms with Crippen molar-refractivity contribution in [3.63, 3.8) is 0 Å². The Morgan fingerprint density at radius 2 is 2.21 bits per heavy atom. The summed E-state index contributed by atoms with van der Waals surface area (Å²) in [7, 11) is 0. The molecular weight excluding hydrogens is 266 g/mol. The Bertz CT molecular complexity index is 593.